The number of nitrogens with zero attached hydrogens (tertiary/aromatic N) is 7. The van der Waals surface area contributed by atoms with Gasteiger partial charge in [-0.05, 0) is 25.2 Å². The molecule has 0 aliphatic carbocycles. The molecule has 0 unspecified atom stereocenters. The van der Waals surface area contributed by atoms with Crippen molar-refractivity contribution in [3.05, 3.63) is 53.6 Å². The standard InChI is InChI=1S/C22H23N7OS/c1-27-5-7-29(8-6-27)22-24-13-21(31-22)20(30)10-17-9-19-15(11-23-17)3-4-18(26-19)16-12-25-28(2)14-16/h3-4,9,11-14H,5-8,10H2,1-2H3. The molecular formula is C22H23N7OS. The maximum Gasteiger partial charge on any atom is 0.186 e. The van der Waals surface area contributed by atoms with Crippen LogP contribution >= 0.6 is 11.3 Å². The van der Waals surface area contributed by atoms with Gasteiger partial charge in [-0.3, -0.25) is 14.5 Å². The van der Waals surface area contributed by atoms with E-state index in [1.807, 2.05) is 31.4 Å². The average molecular weight is 434 g/mol. The molecule has 0 bridgehead atoms. The predicted octanol–water partition coefficient (Wildman–Crippen LogP) is 2.66. The maximum atomic E-state index is 12.9. The monoisotopic (exact) mass is 433 g/mol. The average Bonchev–Trinajstić information content (AvgIpc) is 3.43. The van der Waals surface area contributed by atoms with Crippen LogP contribution in [0, 0.1) is 0 Å². The van der Waals surface area contributed by atoms with Crippen LogP contribution in [-0.2, 0) is 13.5 Å². The van der Waals surface area contributed by atoms with Gasteiger partial charge in [-0.1, -0.05) is 11.3 Å². The number of ketones is 1. The van der Waals surface area contributed by atoms with Gasteiger partial charge < -0.3 is 9.80 Å². The smallest absolute Gasteiger partial charge is 0.186 e. The molecule has 1 fully saturated rings. The zero-order valence-corrected chi connectivity index (χ0v) is 18.3. The van der Waals surface area contributed by atoms with Crippen molar-refractivity contribution in [2.75, 3.05) is 38.1 Å². The Hall–Kier alpha value is -3.17. The van der Waals surface area contributed by atoms with Crippen LogP contribution in [-0.4, -0.2) is 68.6 Å². The number of anilines is 1. The van der Waals surface area contributed by atoms with Crippen molar-refractivity contribution in [3.63, 3.8) is 0 Å². The predicted molar refractivity (Wildman–Crippen MR) is 122 cm³/mol. The van der Waals surface area contributed by atoms with Crippen molar-refractivity contribution in [1.82, 2.24) is 29.6 Å². The van der Waals surface area contributed by atoms with Crippen LogP contribution in [0.2, 0.25) is 0 Å². The number of aromatic nitrogens is 5. The van der Waals surface area contributed by atoms with Crippen LogP contribution in [0.4, 0.5) is 5.13 Å². The van der Waals surface area contributed by atoms with Crippen LogP contribution in [0.5, 0.6) is 0 Å². The first-order valence-electron chi connectivity index (χ1n) is 10.2. The van der Waals surface area contributed by atoms with Crippen LogP contribution in [0.25, 0.3) is 22.2 Å². The molecule has 4 aromatic rings. The highest BCUT2D eigenvalue weighted by atomic mass is 32.1. The first kappa shape index (κ1) is 19.8. The second-order valence-corrected chi connectivity index (χ2v) is 8.87. The Bertz CT molecular complexity index is 1240. The van der Waals surface area contributed by atoms with Crippen molar-refractivity contribution < 1.29 is 4.79 Å². The summed E-state index contributed by atoms with van der Waals surface area (Å²) in [6.07, 6.45) is 7.43. The maximum absolute atomic E-state index is 12.9. The van der Waals surface area contributed by atoms with E-state index in [-0.39, 0.29) is 12.2 Å². The molecule has 0 spiro atoms. The fraction of sp³-hybridized carbons (Fsp3) is 0.318. The quantitative estimate of drug-likeness (QED) is 0.448. The zero-order valence-electron chi connectivity index (χ0n) is 17.5. The summed E-state index contributed by atoms with van der Waals surface area (Å²) in [5.74, 6) is 0.0353. The minimum Gasteiger partial charge on any atom is -0.346 e. The van der Waals surface area contributed by atoms with Crippen LogP contribution in [0.15, 0.2) is 43.0 Å². The molecule has 0 N–H and O–H groups in total. The fourth-order valence-electron chi connectivity index (χ4n) is 3.66. The molecule has 1 aliphatic heterocycles. The Morgan fingerprint density at radius 1 is 1.06 bits per heavy atom. The summed E-state index contributed by atoms with van der Waals surface area (Å²) in [6.45, 7) is 3.90. The summed E-state index contributed by atoms with van der Waals surface area (Å²) < 4.78 is 1.75. The molecule has 0 aromatic carbocycles. The second-order valence-electron chi connectivity index (χ2n) is 7.86. The molecule has 158 valence electrons. The van der Waals surface area contributed by atoms with Crippen LogP contribution in [0.1, 0.15) is 15.4 Å². The number of piperazine rings is 1. The first-order chi connectivity index (χ1) is 15.0. The summed E-state index contributed by atoms with van der Waals surface area (Å²) in [7, 11) is 4.01. The van der Waals surface area contributed by atoms with Crippen molar-refractivity contribution in [2.45, 2.75) is 6.42 Å². The van der Waals surface area contributed by atoms with Gasteiger partial charge in [-0.15, -0.1) is 0 Å². The van der Waals surface area contributed by atoms with Crippen molar-refractivity contribution in [3.8, 4) is 11.3 Å². The first-order valence-corrected chi connectivity index (χ1v) is 11.0. The Balaban J connectivity index is 1.33. The highest BCUT2D eigenvalue weighted by molar-refractivity contribution is 7.17. The SMILES string of the molecule is CN1CCN(c2ncc(C(=O)Cc3cc4nc(-c5cnn(C)c5)ccc4cn3)s2)CC1. The molecular weight excluding hydrogens is 410 g/mol. The Kier molecular flexibility index (Phi) is 5.21. The molecule has 5 heterocycles. The number of carbonyl (C=O) groups excluding carboxylic acids is 1. The Labute approximate surface area is 184 Å². The van der Waals surface area contributed by atoms with E-state index >= 15 is 0 Å². The van der Waals surface area contributed by atoms with Gasteiger partial charge in [0.1, 0.15) is 0 Å². The molecule has 8 nitrogen and oxygen atoms in total. The van der Waals surface area contributed by atoms with Crippen molar-refractivity contribution in [1.29, 1.82) is 0 Å². The zero-order chi connectivity index (χ0) is 21.4. The van der Waals surface area contributed by atoms with Gasteiger partial charge in [0.25, 0.3) is 0 Å². The largest absolute Gasteiger partial charge is 0.346 e. The number of Topliss-reactive ketones (excluding diaryl/α,β-unsaturated/α-hetero) is 1. The van der Waals surface area contributed by atoms with Gasteiger partial charge in [0.2, 0.25) is 0 Å². The van der Waals surface area contributed by atoms with Gasteiger partial charge in [-0.2, -0.15) is 5.10 Å². The molecule has 1 saturated heterocycles. The van der Waals surface area contributed by atoms with Gasteiger partial charge in [-0.25, -0.2) is 9.97 Å². The highest BCUT2D eigenvalue weighted by Gasteiger charge is 2.19. The van der Waals surface area contributed by atoms with E-state index in [9.17, 15) is 4.79 Å². The molecule has 0 amide bonds. The summed E-state index contributed by atoms with van der Waals surface area (Å²) in [5.41, 5.74) is 3.34. The number of pyridine rings is 2. The van der Waals surface area contributed by atoms with E-state index in [0.717, 1.165) is 53.5 Å². The number of thiazole rings is 1. The minimum absolute atomic E-state index is 0.0353. The molecule has 31 heavy (non-hydrogen) atoms. The Morgan fingerprint density at radius 2 is 1.90 bits per heavy atom. The lowest BCUT2D eigenvalue weighted by atomic mass is 10.1. The van der Waals surface area contributed by atoms with Crippen molar-refractivity contribution >= 4 is 33.2 Å². The van der Waals surface area contributed by atoms with E-state index in [2.05, 4.69) is 31.9 Å². The summed E-state index contributed by atoms with van der Waals surface area (Å²) >= 11 is 1.47. The molecule has 1 aliphatic rings. The van der Waals surface area contributed by atoms with E-state index in [0.29, 0.717) is 10.6 Å². The minimum atomic E-state index is 0.0353. The number of carbonyl (C=O) groups is 1. The summed E-state index contributed by atoms with van der Waals surface area (Å²) in [5, 5.41) is 6.08. The fourth-order valence-corrected chi connectivity index (χ4v) is 4.56. The number of aryl methyl sites for hydroxylation is 1. The highest BCUT2D eigenvalue weighted by Crippen LogP contribution is 2.25. The lowest BCUT2D eigenvalue weighted by molar-refractivity contribution is 0.0995. The number of hydrogen-bond acceptors (Lipinski definition) is 8. The summed E-state index contributed by atoms with van der Waals surface area (Å²) in [6, 6.07) is 5.85. The number of fused-ring (bicyclic) bond motifs is 1. The van der Waals surface area contributed by atoms with E-state index < -0.39 is 0 Å². The molecule has 0 radical (unpaired) electrons. The molecule has 0 atom stereocenters. The van der Waals surface area contributed by atoms with Gasteiger partial charge in [0.15, 0.2) is 10.9 Å². The van der Waals surface area contributed by atoms with Crippen LogP contribution < -0.4 is 4.90 Å². The molecule has 9 heteroatoms. The second kappa shape index (κ2) is 8.16. The summed E-state index contributed by atoms with van der Waals surface area (Å²) in [4.78, 5) is 31.8. The molecule has 4 aromatic heterocycles. The van der Waals surface area contributed by atoms with Crippen molar-refractivity contribution in [2.24, 2.45) is 7.05 Å². The van der Waals surface area contributed by atoms with Gasteiger partial charge in [0, 0.05) is 56.6 Å². The van der Waals surface area contributed by atoms with E-state index in [1.54, 1.807) is 23.3 Å². The van der Waals surface area contributed by atoms with E-state index in [1.165, 1.54) is 11.3 Å². The third-order valence-electron chi connectivity index (χ3n) is 5.51. The van der Waals surface area contributed by atoms with Gasteiger partial charge in [0.05, 0.1) is 40.6 Å². The number of likely N-dealkylation sites (N-methyl/N-ethyl adjacent to an activating group) is 1. The third-order valence-corrected chi connectivity index (χ3v) is 6.61. The number of hydrogen-bond donors (Lipinski definition) is 0. The lowest BCUT2D eigenvalue weighted by Gasteiger charge is -2.32. The third kappa shape index (κ3) is 4.19. The van der Waals surface area contributed by atoms with Crippen LogP contribution in [0.3, 0.4) is 0 Å². The van der Waals surface area contributed by atoms with E-state index in [4.69, 9.17) is 4.98 Å². The molecule has 5 rings (SSSR count). The molecule has 0 saturated carbocycles. The number of rotatable bonds is 5. The van der Waals surface area contributed by atoms with Gasteiger partial charge >= 0.3 is 0 Å². The lowest BCUT2D eigenvalue weighted by Crippen LogP contribution is -2.44. The Morgan fingerprint density at radius 3 is 2.68 bits per heavy atom. The normalized spacial score (nSPS) is 15.0. The topological polar surface area (TPSA) is 80.0 Å².